The number of hydrogen-bond acceptors (Lipinski definition) is 4. The van der Waals surface area contributed by atoms with Crippen molar-refractivity contribution in [2.24, 2.45) is 4.36 Å². The van der Waals surface area contributed by atoms with Crippen LogP contribution in [0.25, 0.3) is 5.69 Å². The van der Waals surface area contributed by atoms with E-state index < -0.39 is 22.4 Å². The lowest BCUT2D eigenvalue weighted by molar-refractivity contribution is -0.137. The normalized spacial score (nSPS) is 11.7. The molecule has 0 bridgehead atoms. The molecule has 0 saturated carbocycles. The Kier molecular flexibility index (Phi) is 6.66. The number of alkyl halides is 3. The topological polar surface area (TPSA) is 54.0 Å². The molecule has 0 saturated heterocycles. The Bertz CT molecular complexity index is 890. The van der Waals surface area contributed by atoms with Crippen LogP contribution in [0.5, 0.6) is 0 Å². The molecule has 26 heavy (non-hydrogen) atoms. The second-order valence-corrected chi connectivity index (χ2v) is 8.93. The molecule has 11 heteroatoms. The van der Waals surface area contributed by atoms with Gasteiger partial charge in [-0.2, -0.15) is 23.5 Å². The van der Waals surface area contributed by atoms with Crippen LogP contribution in [0.3, 0.4) is 0 Å². The third kappa shape index (κ3) is 4.36. The van der Waals surface area contributed by atoms with Crippen LogP contribution in [0.2, 0.25) is 10.0 Å². The number of rotatable bonds is 4. The van der Waals surface area contributed by atoms with Gasteiger partial charge < -0.3 is 0 Å². The van der Waals surface area contributed by atoms with Gasteiger partial charge in [0.1, 0.15) is 11.8 Å². The second-order valence-electron chi connectivity index (χ2n) is 5.11. The summed E-state index contributed by atoms with van der Waals surface area (Å²) in [6.45, 7) is 1.91. The van der Waals surface area contributed by atoms with Crippen LogP contribution in [0.15, 0.2) is 21.4 Å². The van der Waals surface area contributed by atoms with Gasteiger partial charge in [-0.1, -0.05) is 40.8 Å². The zero-order chi connectivity index (χ0) is 19.6. The molecule has 2 aromatic rings. The van der Waals surface area contributed by atoms with E-state index in [1.165, 1.54) is 16.4 Å². The Morgan fingerprint density at radius 3 is 2.31 bits per heavy atom. The first-order valence-corrected chi connectivity index (χ1v) is 10.9. The van der Waals surface area contributed by atoms with E-state index in [0.29, 0.717) is 16.5 Å². The average Bonchev–Trinajstić information content (AvgIpc) is 2.83. The van der Waals surface area contributed by atoms with Crippen molar-refractivity contribution in [3.8, 4) is 11.8 Å². The van der Waals surface area contributed by atoms with Crippen molar-refractivity contribution in [1.82, 2.24) is 9.78 Å². The van der Waals surface area contributed by atoms with Crippen molar-refractivity contribution < 1.29 is 13.2 Å². The molecule has 0 radical (unpaired) electrons. The molecule has 1 heterocycles. The standard InChI is InChI=1S/C15H13Cl2F3N4S2/c1-4-25-13-11(7-21)22-24(14(13)23-26(2)3)12-9(16)5-8(6-10(12)17)15(18,19)20/h5-6H,4H2,1-3H3. The fourth-order valence-electron chi connectivity index (χ4n) is 2.09. The predicted octanol–water partition coefficient (Wildman–Crippen LogP) is 5.87. The van der Waals surface area contributed by atoms with E-state index in [0.717, 1.165) is 12.1 Å². The van der Waals surface area contributed by atoms with Gasteiger partial charge >= 0.3 is 6.18 Å². The lowest BCUT2D eigenvalue weighted by atomic mass is 10.2. The highest BCUT2D eigenvalue weighted by Gasteiger charge is 2.33. The van der Waals surface area contributed by atoms with Gasteiger partial charge in [0.25, 0.3) is 0 Å². The van der Waals surface area contributed by atoms with E-state index >= 15 is 0 Å². The molecule has 2 rings (SSSR count). The molecule has 0 N–H and O–H groups in total. The molecular weight excluding hydrogens is 428 g/mol. The van der Waals surface area contributed by atoms with Crippen LogP contribution in [0.1, 0.15) is 18.2 Å². The minimum atomic E-state index is -4.58. The van der Waals surface area contributed by atoms with Crippen molar-refractivity contribution in [2.45, 2.75) is 18.0 Å². The minimum absolute atomic E-state index is 0.0602. The molecule has 0 aliphatic rings. The van der Waals surface area contributed by atoms with Crippen LogP contribution in [0, 0.1) is 11.3 Å². The highest BCUT2D eigenvalue weighted by molar-refractivity contribution is 7.99. The number of hydrogen-bond donors (Lipinski definition) is 0. The lowest BCUT2D eigenvalue weighted by Crippen LogP contribution is -2.07. The maximum Gasteiger partial charge on any atom is 0.416 e. The van der Waals surface area contributed by atoms with Gasteiger partial charge in [0.15, 0.2) is 11.5 Å². The van der Waals surface area contributed by atoms with Crippen LogP contribution < -0.4 is 0 Å². The summed E-state index contributed by atoms with van der Waals surface area (Å²) in [4.78, 5) is 0.545. The zero-order valence-electron chi connectivity index (χ0n) is 13.9. The van der Waals surface area contributed by atoms with E-state index in [2.05, 4.69) is 9.46 Å². The first kappa shape index (κ1) is 21.1. The van der Waals surface area contributed by atoms with Gasteiger partial charge in [-0.05, 0) is 30.4 Å². The van der Waals surface area contributed by atoms with Gasteiger partial charge in [0, 0.05) is 0 Å². The maximum absolute atomic E-state index is 13.0. The third-order valence-electron chi connectivity index (χ3n) is 3.04. The SMILES string of the molecule is CCSc1c(C#N)nn(-c2c(Cl)cc(C(F)(F)F)cc2Cl)c1N=S(C)C. The van der Waals surface area contributed by atoms with E-state index in [9.17, 15) is 18.4 Å². The van der Waals surface area contributed by atoms with Gasteiger partial charge in [-0.3, -0.25) is 0 Å². The maximum atomic E-state index is 13.0. The fraction of sp³-hybridized carbons (Fsp3) is 0.333. The van der Waals surface area contributed by atoms with Crippen molar-refractivity contribution in [3.05, 3.63) is 33.4 Å². The molecule has 0 spiro atoms. The van der Waals surface area contributed by atoms with Gasteiger partial charge in [-0.15, -0.1) is 11.8 Å². The molecule has 0 aliphatic carbocycles. The highest BCUT2D eigenvalue weighted by Crippen LogP contribution is 2.41. The largest absolute Gasteiger partial charge is 0.416 e. The Morgan fingerprint density at radius 1 is 1.31 bits per heavy atom. The number of nitriles is 1. The summed E-state index contributed by atoms with van der Waals surface area (Å²) >= 11 is 13.6. The molecule has 0 atom stereocenters. The summed E-state index contributed by atoms with van der Waals surface area (Å²) < 4.78 is 44.6. The van der Waals surface area contributed by atoms with E-state index in [4.69, 9.17) is 23.2 Å². The number of nitrogens with zero attached hydrogens (tertiary/aromatic N) is 4. The summed E-state index contributed by atoms with van der Waals surface area (Å²) in [5, 5.41) is 13.1. The zero-order valence-corrected chi connectivity index (χ0v) is 17.0. The molecule has 0 unspecified atom stereocenters. The van der Waals surface area contributed by atoms with Crippen molar-refractivity contribution >= 4 is 51.5 Å². The van der Waals surface area contributed by atoms with Crippen molar-refractivity contribution in [3.63, 3.8) is 0 Å². The molecule has 1 aromatic heterocycles. The van der Waals surface area contributed by atoms with E-state index in [-0.39, 0.29) is 21.4 Å². The fourth-order valence-corrected chi connectivity index (χ4v) is 4.08. The van der Waals surface area contributed by atoms with Crippen LogP contribution in [-0.2, 0) is 16.9 Å². The number of benzene rings is 1. The second kappa shape index (κ2) is 8.21. The number of aromatic nitrogens is 2. The summed E-state index contributed by atoms with van der Waals surface area (Å²) in [7, 11) is -0.410. The first-order valence-electron chi connectivity index (χ1n) is 7.12. The molecule has 4 nitrogen and oxygen atoms in total. The molecule has 1 aromatic carbocycles. The molecule has 140 valence electrons. The summed E-state index contributed by atoms with van der Waals surface area (Å²) in [6, 6.07) is 3.55. The molecule has 0 fully saturated rings. The van der Waals surface area contributed by atoms with Crippen LogP contribution in [0.4, 0.5) is 19.0 Å². The van der Waals surface area contributed by atoms with E-state index in [1.54, 1.807) is 0 Å². The summed E-state index contributed by atoms with van der Waals surface area (Å²) in [5.41, 5.74) is -0.783. The number of halogens is 5. The Hall–Kier alpha value is -1.21. The van der Waals surface area contributed by atoms with Crippen molar-refractivity contribution in [2.75, 3.05) is 18.3 Å². The Labute approximate surface area is 165 Å². The highest BCUT2D eigenvalue weighted by atomic mass is 35.5. The lowest BCUT2D eigenvalue weighted by Gasteiger charge is -2.13. The summed E-state index contributed by atoms with van der Waals surface area (Å²) in [6.07, 6.45) is -0.858. The van der Waals surface area contributed by atoms with Gasteiger partial charge in [0.2, 0.25) is 0 Å². The van der Waals surface area contributed by atoms with Gasteiger partial charge in [0.05, 0.1) is 20.5 Å². The first-order chi connectivity index (χ1) is 12.1. The Morgan fingerprint density at radius 2 is 1.88 bits per heavy atom. The number of thioether (sulfide) groups is 1. The van der Waals surface area contributed by atoms with Crippen molar-refractivity contribution in [1.29, 1.82) is 5.26 Å². The summed E-state index contributed by atoms with van der Waals surface area (Å²) in [5.74, 6) is 1.02. The average molecular weight is 441 g/mol. The molecule has 0 aliphatic heterocycles. The molecule has 0 amide bonds. The van der Waals surface area contributed by atoms with Crippen LogP contribution in [-0.4, -0.2) is 28.0 Å². The van der Waals surface area contributed by atoms with E-state index in [1.807, 2.05) is 25.5 Å². The van der Waals surface area contributed by atoms with Gasteiger partial charge in [-0.25, -0.2) is 9.04 Å². The monoisotopic (exact) mass is 440 g/mol. The predicted molar refractivity (Wildman–Crippen MR) is 101 cm³/mol. The quantitative estimate of drug-likeness (QED) is 0.558. The molecular formula is C15H13Cl2F3N4S2. The Balaban J connectivity index is 2.81. The smallest absolute Gasteiger partial charge is 0.209 e. The van der Waals surface area contributed by atoms with Crippen LogP contribution >= 0.6 is 35.0 Å². The minimum Gasteiger partial charge on any atom is -0.209 e. The third-order valence-corrected chi connectivity index (χ3v) is 5.11.